The Morgan fingerprint density at radius 2 is 1.63 bits per heavy atom. The van der Waals surface area contributed by atoms with E-state index in [0.717, 1.165) is 26.5 Å². The molecule has 2 heterocycles. The van der Waals surface area contributed by atoms with Gasteiger partial charge >= 0.3 is 0 Å². The highest BCUT2D eigenvalue weighted by molar-refractivity contribution is 9.10. The second-order valence-electron chi connectivity index (χ2n) is 6.93. The summed E-state index contributed by atoms with van der Waals surface area (Å²) in [6.45, 7) is 0.447. The molecular weight excluding hydrogens is 460 g/mol. The molecule has 7 heteroatoms. The SMILES string of the molecule is O=c1c2ccccc2n2c(SCc3cccc(Br)c3)nnc2n1Cc1ccccc1. The fourth-order valence-corrected chi connectivity index (χ4v) is 4.84. The lowest BCUT2D eigenvalue weighted by Gasteiger charge is -2.11. The van der Waals surface area contributed by atoms with Gasteiger partial charge in [-0.15, -0.1) is 10.2 Å². The Morgan fingerprint density at radius 1 is 0.867 bits per heavy atom. The van der Waals surface area contributed by atoms with E-state index in [1.165, 1.54) is 5.56 Å². The van der Waals surface area contributed by atoms with Crippen LogP contribution in [0, 0.1) is 0 Å². The van der Waals surface area contributed by atoms with Crippen molar-refractivity contribution in [1.29, 1.82) is 0 Å². The van der Waals surface area contributed by atoms with Crippen LogP contribution in [0.2, 0.25) is 0 Å². The molecule has 0 bridgehead atoms. The Labute approximate surface area is 185 Å². The van der Waals surface area contributed by atoms with E-state index in [9.17, 15) is 4.79 Å². The number of hydrogen-bond donors (Lipinski definition) is 0. The van der Waals surface area contributed by atoms with Crippen LogP contribution in [0.25, 0.3) is 16.7 Å². The molecule has 0 unspecified atom stereocenters. The number of benzene rings is 3. The molecule has 5 aromatic rings. The minimum absolute atomic E-state index is 0.0575. The molecule has 0 saturated heterocycles. The van der Waals surface area contributed by atoms with Gasteiger partial charge in [0.1, 0.15) is 0 Å². The summed E-state index contributed by atoms with van der Waals surface area (Å²) in [4.78, 5) is 13.2. The summed E-state index contributed by atoms with van der Waals surface area (Å²) in [7, 11) is 0. The number of halogens is 1. The summed E-state index contributed by atoms with van der Waals surface area (Å²) in [6.07, 6.45) is 0. The number of thioether (sulfide) groups is 1. The van der Waals surface area contributed by atoms with Crippen molar-refractivity contribution in [3.05, 3.63) is 105 Å². The van der Waals surface area contributed by atoms with Crippen molar-refractivity contribution in [2.24, 2.45) is 0 Å². The van der Waals surface area contributed by atoms with Gasteiger partial charge in [-0.2, -0.15) is 0 Å². The summed E-state index contributed by atoms with van der Waals surface area (Å²) in [6, 6.07) is 25.8. The van der Waals surface area contributed by atoms with Crippen LogP contribution in [0.3, 0.4) is 0 Å². The van der Waals surface area contributed by atoms with Crippen molar-refractivity contribution in [1.82, 2.24) is 19.2 Å². The van der Waals surface area contributed by atoms with Crippen LogP contribution in [0.15, 0.2) is 93.3 Å². The van der Waals surface area contributed by atoms with Crippen LogP contribution in [-0.2, 0) is 12.3 Å². The predicted molar refractivity (Wildman–Crippen MR) is 124 cm³/mol. The maximum Gasteiger partial charge on any atom is 0.263 e. The van der Waals surface area contributed by atoms with E-state index in [2.05, 4.69) is 38.3 Å². The van der Waals surface area contributed by atoms with Crippen molar-refractivity contribution in [3.8, 4) is 0 Å². The lowest BCUT2D eigenvalue weighted by Crippen LogP contribution is -2.24. The van der Waals surface area contributed by atoms with Crippen molar-refractivity contribution in [2.45, 2.75) is 17.5 Å². The first-order valence-corrected chi connectivity index (χ1v) is 11.3. The van der Waals surface area contributed by atoms with Crippen LogP contribution in [0.5, 0.6) is 0 Å². The zero-order valence-corrected chi connectivity index (χ0v) is 18.3. The lowest BCUT2D eigenvalue weighted by atomic mass is 10.2. The summed E-state index contributed by atoms with van der Waals surface area (Å²) in [5.41, 5.74) is 3.00. The molecule has 0 atom stereocenters. The van der Waals surface area contributed by atoms with Gasteiger partial charge in [0, 0.05) is 10.2 Å². The van der Waals surface area contributed by atoms with E-state index in [1.807, 2.05) is 71.1 Å². The van der Waals surface area contributed by atoms with Gasteiger partial charge in [-0.1, -0.05) is 82.3 Å². The summed E-state index contributed by atoms with van der Waals surface area (Å²) >= 11 is 5.13. The molecule has 0 spiro atoms. The minimum atomic E-state index is -0.0575. The van der Waals surface area contributed by atoms with E-state index < -0.39 is 0 Å². The zero-order chi connectivity index (χ0) is 20.5. The molecule has 0 N–H and O–H groups in total. The van der Waals surface area contributed by atoms with Gasteiger partial charge in [0.25, 0.3) is 5.56 Å². The number of nitrogens with zero attached hydrogens (tertiary/aromatic N) is 4. The Kier molecular flexibility index (Phi) is 5.14. The van der Waals surface area contributed by atoms with Crippen molar-refractivity contribution >= 4 is 44.4 Å². The minimum Gasteiger partial charge on any atom is -0.272 e. The van der Waals surface area contributed by atoms with Crippen LogP contribution in [0.4, 0.5) is 0 Å². The van der Waals surface area contributed by atoms with E-state index in [-0.39, 0.29) is 5.56 Å². The van der Waals surface area contributed by atoms with Gasteiger partial charge in [-0.3, -0.25) is 13.8 Å². The third kappa shape index (κ3) is 3.55. The molecule has 30 heavy (non-hydrogen) atoms. The Bertz CT molecular complexity index is 1410. The third-order valence-electron chi connectivity index (χ3n) is 4.92. The van der Waals surface area contributed by atoms with Crippen LogP contribution < -0.4 is 5.56 Å². The van der Waals surface area contributed by atoms with Crippen LogP contribution >= 0.6 is 27.7 Å². The number of hydrogen-bond acceptors (Lipinski definition) is 4. The van der Waals surface area contributed by atoms with E-state index in [4.69, 9.17) is 0 Å². The van der Waals surface area contributed by atoms with E-state index >= 15 is 0 Å². The standard InChI is InChI=1S/C23H17BrN4OS/c24-18-10-6-9-17(13-18)15-30-23-26-25-22-27(14-16-7-2-1-3-8-16)21(29)19-11-4-5-12-20(19)28(22)23/h1-13H,14-15H2. The molecular formula is C23H17BrN4OS. The molecule has 2 aromatic heterocycles. The largest absolute Gasteiger partial charge is 0.272 e. The van der Waals surface area contributed by atoms with Crippen LogP contribution in [-0.4, -0.2) is 19.2 Å². The second-order valence-corrected chi connectivity index (χ2v) is 8.79. The molecule has 3 aromatic carbocycles. The number of para-hydroxylation sites is 1. The molecule has 5 rings (SSSR count). The molecule has 0 fully saturated rings. The first-order chi connectivity index (χ1) is 14.7. The number of fused-ring (bicyclic) bond motifs is 3. The first kappa shape index (κ1) is 19.1. The highest BCUT2D eigenvalue weighted by Crippen LogP contribution is 2.26. The normalized spacial score (nSPS) is 11.4. The molecule has 148 valence electrons. The third-order valence-corrected chi connectivity index (χ3v) is 6.41. The molecule has 0 amide bonds. The van der Waals surface area contributed by atoms with Gasteiger partial charge in [-0.25, -0.2) is 0 Å². The number of aromatic nitrogens is 4. The van der Waals surface area contributed by atoms with Gasteiger partial charge < -0.3 is 0 Å². The molecule has 0 aliphatic rings. The summed E-state index contributed by atoms with van der Waals surface area (Å²) < 4.78 is 4.74. The Balaban J connectivity index is 1.64. The highest BCUT2D eigenvalue weighted by atomic mass is 79.9. The quantitative estimate of drug-likeness (QED) is 0.329. The van der Waals surface area contributed by atoms with Crippen molar-refractivity contribution in [2.75, 3.05) is 0 Å². The second kappa shape index (κ2) is 8.08. The topological polar surface area (TPSA) is 52.2 Å². The molecule has 5 nitrogen and oxygen atoms in total. The Hall–Kier alpha value is -2.90. The summed E-state index contributed by atoms with van der Waals surface area (Å²) in [5, 5.41) is 10.3. The van der Waals surface area contributed by atoms with Crippen molar-refractivity contribution in [3.63, 3.8) is 0 Å². The molecule has 0 saturated carbocycles. The summed E-state index contributed by atoms with van der Waals surface area (Å²) in [5.74, 6) is 1.31. The van der Waals surface area contributed by atoms with Crippen molar-refractivity contribution < 1.29 is 0 Å². The fourth-order valence-electron chi connectivity index (χ4n) is 3.51. The van der Waals surface area contributed by atoms with Crippen LogP contribution in [0.1, 0.15) is 11.1 Å². The predicted octanol–water partition coefficient (Wildman–Crippen LogP) is 5.15. The fraction of sp³-hybridized carbons (Fsp3) is 0.0870. The maximum absolute atomic E-state index is 13.2. The monoisotopic (exact) mass is 476 g/mol. The van der Waals surface area contributed by atoms with E-state index in [0.29, 0.717) is 17.7 Å². The van der Waals surface area contributed by atoms with E-state index in [1.54, 1.807) is 16.3 Å². The smallest absolute Gasteiger partial charge is 0.263 e. The first-order valence-electron chi connectivity index (χ1n) is 9.48. The van der Waals surface area contributed by atoms with Gasteiger partial charge in [-0.05, 0) is 35.4 Å². The maximum atomic E-state index is 13.2. The molecule has 0 radical (unpaired) electrons. The van der Waals surface area contributed by atoms with Gasteiger partial charge in [0.15, 0.2) is 5.16 Å². The molecule has 0 aliphatic carbocycles. The number of rotatable bonds is 5. The Morgan fingerprint density at radius 3 is 2.47 bits per heavy atom. The zero-order valence-electron chi connectivity index (χ0n) is 15.9. The van der Waals surface area contributed by atoms with Gasteiger partial charge in [0.2, 0.25) is 5.78 Å². The average molecular weight is 477 g/mol. The molecule has 0 aliphatic heterocycles. The lowest BCUT2D eigenvalue weighted by molar-refractivity contribution is 0.764. The highest BCUT2D eigenvalue weighted by Gasteiger charge is 2.17. The van der Waals surface area contributed by atoms with Gasteiger partial charge in [0.05, 0.1) is 17.4 Å². The average Bonchev–Trinajstić information content (AvgIpc) is 3.20.